The minimum absolute atomic E-state index is 0.104. The second-order valence-corrected chi connectivity index (χ2v) is 7.96. The van der Waals surface area contributed by atoms with Crippen molar-refractivity contribution in [2.75, 3.05) is 32.4 Å². The molecular weight excluding hydrogens is 404 g/mol. The molecule has 9 heteroatoms. The van der Waals surface area contributed by atoms with Crippen molar-refractivity contribution in [2.45, 2.75) is 19.1 Å². The van der Waals surface area contributed by atoms with Crippen molar-refractivity contribution in [1.82, 2.24) is 10.3 Å². The topological polar surface area (TPSA) is 84.4 Å². The molecule has 0 aromatic heterocycles. The Labute approximate surface area is 179 Å². The molecule has 2 aromatic rings. The molecule has 0 saturated heterocycles. The van der Waals surface area contributed by atoms with Crippen LogP contribution >= 0.6 is 11.8 Å². The van der Waals surface area contributed by atoms with Crippen LogP contribution in [0.2, 0.25) is 0 Å². The maximum Gasteiger partial charge on any atom is 0.255 e. The predicted molar refractivity (Wildman–Crippen MR) is 117 cm³/mol. The van der Waals surface area contributed by atoms with E-state index in [2.05, 4.69) is 10.6 Å². The van der Waals surface area contributed by atoms with Crippen LogP contribution in [0.3, 0.4) is 0 Å². The molecule has 0 spiro atoms. The molecule has 2 aromatic carbocycles. The number of rotatable bonds is 5. The zero-order valence-corrected chi connectivity index (χ0v) is 18.1. The molecule has 0 saturated carbocycles. The molecule has 2 N–H and O–H groups in total. The van der Waals surface area contributed by atoms with Gasteiger partial charge < -0.3 is 24.8 Å². The second kappa shape index (κ2) is 8.35. The number of hydrazone groups is 1. The number of nitrogens with zero attached hydrogens (tertiary/aromatic N) is 2. The number of methoxy groups -OCH3 is 3. The van der Waals surface area contributed by atoms with Crippen molar-refractivity contribution < 1.29 is 19.0 Å². The van der Waals surface area contributed by atoms with E-state index in [1.54, 1.807) is 26.3 Å². The van der Waals surface area contributed by atoms with Crippen LogP contribution < -0.4 is 24.8 Å². The van der Waals surface area contributed by atoms with E-state index in [1.165, 1.54) is 11.8 Å². The number of carbonyl (C=O) groups is 1. The van der Waals surface area contributed by atoms with Gasteiger partial charge >= 0.3 is 0 Å². The third-order valence-electron chi connectivity index (χ3n) is 5.05. The summed E-state index contributed by atoms with van der Waals surface area (Å²) >= 11 is 1.49. The molecule has 4 rings (SSSR count). The number of anilines is 1. The fourth-order valence-electron chi connectivity index (χ4n) is 3.75. The van der Waals surface area contributed by atoms with Crippen molar-refractivity contribution in [3.05, 3.63) is 47.5 Å². The van der Waals surface area contributed by atoms with Gasteiger partial charge in [-0.3, -0.25) is 9.80 Å². The lowest BCUT2D eigenvalue weighted by Gasteiger charge is -2.43. The van der Waals surface area contributed by atoms with Gasteiger partial charge in [-0.05, 0) is 24.0 Å². The van der Waals surface area contributed by atoms with Gasteiger partial charge in [0.05, 0.1) is 21.3 Å². The highest BCUT2D eigenvalue weighted by Gasteiger charge is 2.42. The summed E-state index contributed by atoms with van der Waals surface area (Å²) in [6.07, 6.45) is -0.405. The molecular formula is C21H24N4O4S. The van der Waals surface area contributed by atoms with Crippen LogP contribution in [-0.2, 0) is 4.79 Å². The number of fused-ring (bicyclic) bond motifs is 3. The lowest BCUT2D eigenvalue weighted by molar-refractivity contribution is -0.127. The van der Waals surface area contributed by atoms with E-state index in [1.807, 2.05) is 43.3 Å². The van der Waals surface area contributed by atoms with E-state index < -0.39 is 12.2 Å². The summed E-state index contributed by atoms with van der Waals surface area (Å²) in [4.78, 5) is 13.1. The Hall–Kier alpha value is -3.07. The third-order valence-corrected chi connectivity index (χ3v) is 5.79. The number of carbonyl (C=O) groups excluding carboxylic acids is 1. The Kier molecular flexibility index (Phi) is 5.63. The zero-order chi connectivity index (χ0) is 21.3. The molecule has 0 bridgehead atoms. The van der Waals surface area contributed by atoms with Crippen LogP contribution in [0.1, 0.15) is 30.3 Å². The Morgan fingerprint density at radius 1 is 1.10 bits per heavy atom. The first-order chi connectivity index (χ1) is 14.6. The number of thioether (sulfide) groups is 1. The van der Waals surface area contributed by atoms with Gasteiger partial charge in [0.2, 0.25) is 5.75 Å². The number of hydrogen-bond donors (Lipinski definition) is 2. The summed E-state index contributed by atoms with van der Waals surface area (Å²) in [6, 6.07) is 11.0. The molecule has 2 aliphatic heterocycles. The van der Waals surface area contributed by atoms with Gasteiger partial charge in [0.15, 0.2) is 22.7 Å². The number of amides is 1. The van der Waals surface area contributed by atoms with Crippen LogP contribution in [0.4, 0.5) is 5.69 Å². The standard InChI is InChI=1S/C21H24N4O4S/c1-5-30-21-23-20(26)17-13-8-6-7-9-14(13)22-19(25(17)24-21)12-10-15(27-2)18(29-4)16(11-12)28-3/h6-11,17,19,22H,5H2,1-4H3,(H,23,24,26). The van der Waals surface area contributed by atoms with Crippen LogP contribution in [0.15, 0.2) is 41.5 Å². The second-order valence-electron chi connectivity index (χ2n) is 6.70. The molecule has 2 aliphatic rings. The molecule has 1 amide bonds. The number of hydrogen-bond acceptors (Lipinski definition) is 8. The average molecular weight is 429 g/mol. The minimum Gasteiger partial charge on any atom is -0.493 e. The summed E-state index contributed by atoms with van der Waals surface area (Å²) in [7, 11) is 4.73. The van der Waals surface area contributed by atoms with Gasteiger partial charge in [-0.15, -0.1) is 5.10 Å². The monoisotopic (exact) mass is 428 g/mol. The van der Waals surface area contributed by atoms with E-state index >= 15 is 0 Å². The summed E-state index contributed by atoms with van der Waals surface area (Å²) in [5.41, 5.74) is 2.60. The maximum absolute atomic E-state index is 13.1. The predicted octanol–water partition coefficient (Wildman–Crippen LogP) is 3.33. The summed E-state index contributed by atoms with van der Waals surface area (Å²) in [5.74, 6) is 2.29. The molecule has 2 atom stereocenters. The van der Waals surface area contributed by atoms with Crippen molar-refractivity contribution >= 4 is 28.5 Å². The van der Waals surface area contributed by atoms with Gasteiger partial charge in [0.1, 0.15) is 6.17 Å². The fraction of sp³-hybridized carbons (Fsp3) is 0.333. The highest BCUT2D eigenvalue weighted by molar-refractivity contribution is 8.13. The maximum atomic E-state index is 13.1. The average Bonchev–Trinajstić information content (AvgIpc) is 2.77. The Bertz CT molecular complexity index is 972. The van der Waals surface area contributed by atoms with Gasteiger partial charge in [0.25, 0.3) is 5.91 Å². The lowest BCUT2D eigenvalue weighted by Crippen LogP contribution is -2.50. The molecule has 30 heavy (non-hydrogen) atoms. The summed E-state index contributed by atoms with van der Waals surface area (Å²) in [5, 5.41) is 13.6. The highest BCUT2D eigenvalue weighted by atomic mass is 32.2. The number of amidine groups is 1. The lowest BCUT2D eigenvalue weighted by atomic mass is 9.97. The molecule has 0 radical (unpaired) electrons. The highest BCUT2D eigenvalue weighted by Crippen LogP contribution is 2.46. The third kappa shape index (κ3) is 3.39. The molecule has 2 unspecified atom stereocenters. The SMILES string of the molecule is CCSC1=NN2C(c3cc(OC)c(OC)c(OC)c3)Nc3ccccc3C2C(=O)N1. The van der Waals surface area contributed by atoms with E-state index in [0.29, 0.717) is 22.4 Å². The van der Waals surface area contributed by atoms with Gasteiger partial charge in [-0.1, -0.05) is 36.9 Å². The number of para-hydroxylation sites is 1. The van der Waals surface area contributed by atoms with Crippen molar-refractivity contribution in [3.63, 3.8) is 0 Å². The normalized spacial score (nSPS) is 19.7. The summed E-state index contributed by atoms with van der Waals surface area (Å²) < 4.78 is 16.5. The van der Waals surface area contributed by atoms with Crippen molar-refractivity contribution in [1.29, 1.82) is 0 Å². The first-order valence-electron chi connectivity index (χ1n) is 9.57. The Balaban J connectivity index is 1.87. The van der Waals surface area contributed by atoms with E-state index in [-0.39, 0.29) is 5.91 Å². The zero-order valence-electron chi connectivity index (χ0n) is 17.3. The quantitative estimate of drug-likeness (QED) is 0.756. The molecule has 0 fully saturated rings. The molecule has 0 aliphatic carbocycles. The molecule has 158 valence electrons. The molecule has 2 heterocycles. The summed E-state index contributed by atoms with van der Waals surface area (Å²) in [6.45, 7) is 2.02. The van der Waals surface area contributed by atoms with Gasteiger partial charge in [-0.2, -0.15) is 0 Å². The number of nitrogens with one attached hydrogen (secondary N) is 2. The number of benzene rings is 2. The first kappa shape index (κ1) is 20.2. The van der Waals surface area contributed by atoms with Crippen LogP contribution in [0.5, 0.6) is 17.2 Å². The largest absolute Gasteiger partial charge is 0.493 e. The van der Waals surface area contributed by atoms with Crippen LogP contribution in [0, 0.1) is 0 Å². The number of ether oxygens (including phenoxy) is 3. The van der Waals surface area contributed by atoms with Gasteiger partial charge in [0, 0.05) is 16.8 Å². The first-order valence-corrected chi connectivity index (χ1v) is 10.6. The van der Waals surface area contributed by atoms with Crippen LogP contribution in [-0.4, -0.2) is 43.2 Å². The van der Waals surface area contributed by atoms with Crippen LogP contribution in [0.25, 0.3) is 0 Å². The van der Waals surface area contributed by atoms with E-state index in [0.717, 1.165) is 22.6 Å². The Morgan fingerprint density at radius 2 is 1.80 bits per heavy atom. The Morgan fingerprint density at radius 3 is 2.43 bits per heavy atom. The fourth-order valence-corrected chi connectivity index (χ4v) is 4.35. The van der Waals surface area contributed by atoms with E-state index in [4.69, 9.17) is 19.3 Å². The van der Waals surface area contributed by atoms with E-state index in [9.17, 15) is 4.79 Å². The van der Waals surface area contributed by atoms with Gasteiger partial charge in [-0.25, -0.2) is 0 Å². The molecule has 8 nitrogen and oxygen atoms in total. The van der Waals surface area contributed by atoms with Crippen molar-refractivity contribution in [2.24, 2.45) is 5.10 Å². The smallest absolute Gasteiger partial charge is 0.255 e. The minimum atomic E-state index is -0.548. The van der Waals surface area contributed by atoms with Crippen molar-refractivity contribution in [3.8, 4) is 17.2 Å².